The summed E-state index contributed by atoms with van der Waals surface area (Å²) in [4.78, 5) is 10.7. The monoisotopic (exact) mass is 207 g/mol. The van der Waals surface area contributed by atoms with Gasteiger partial charge in [0.05, 0.1) is 6.10 Å². The van der Waals surface area contributed by atoms with Crippen molar-refractivity contribution in [1.29, 1.82) is 0 Å². The van der Waals surface area contributed by atoms with Crippen molar-refractivity contribution in [1.82, 2.24) is 9.97 Å². The molecule has 4 heteroatoms. The number of aromatic nitrogens is 2. The van der Waals surface area contributed by atoms with Crippen molar-refractivity contribution in [2.75, 3.05) is 25.1 Å². The zero-order valence-corrected chi connectivity index (χ0v) is 9.31. The molecule has 1 saturated heterocycles. The molecular formula is C11H17N3O. The van der Waals surface area contributed by atoms with Crippen LogP contribution in [0.15, 0.2) is 12.4 Å². The SMILES string of the molecule is COC1CCN(c2cc(C)ncn2)CC1. The molecular weight excluding hydrogens is 190 g/mol. The van der Waals surface area contributed by atoms with Crippen molar-refractivity contribution >= 4 is 5.82 Å². The fourth-order valence-corrected chi connectivity index (χ4v) is 1.93. The summed E-state index contributed by atoms with van der Waals surface area (Å²) < 4.78 is 5.34. The number of anilines is 1. The summed E-state index contributed by atoms with van der Waals surface area (Å²) in [5, 5.41) is 0. The van der Waals surface area contributed by atoms with Crippen molar-refractivity contribution < 1.29 is 4.74 Å². The number of nitrogens with zero attached hydrogens (tertiary/aromatic N) is 3. The van der Waals surface area contributed by atoms with Crippen LogP contribution in [0.2, 0.25) is 0 Å². The topological polar surface area (TPSA) is 38.2 Å². The molecule has 82 valence electrons. The van der Waals surface area contributed by atoms with Gasteiger partial charge in [0, 0.05) is 32.0 Å². The number of piperidine rings is 1. The number of hydrogen-bond donors (Lipinski definition) is 0. The molecule has 2 rings (SSSR count). The van der Waals surface area contributed by atoms with Crippen LogP contribution >= 0.6 is 0 Å². The molecule has 0 radical (unpaired) electrons. The van der Waals surface area contributed by atoms with Crippen molar-refractivity contribution in [2.45, 2.75) is 25.9 Å². The van der Waals surface area contributed by atoms with Gasteiger partial charge in [0.25, 0.3) is 0 Å². The maximum absolute atomic E-state index is 5.34. The minimum atomic E-state index is 0.421. The van der Waals surface area contributed by atoms with E-state index in [0.29, 0.717) is 6.10 Å². The van der Waals surface area contributed by atoms with Crippen LogP contribution < -0.4 is 4.90 Å². The first-order chi connectivity index (χ1) is 7.29. The largest absolute Gasteiger partial charge is 0.381 e. The average molecular weight is 207 g/mol. The Hall–Kier alpha value is -1.16. The second-order valence-corrected chi connectivity index (χ2v) is 3.94. The van der Waals surface area contributed by atoms with Crippen LogP contribution in [-0.2, 0) is 4.74 Å². The van der Waals surface area contributed by atoms with Crippen molar-refractivity contribution in [3.63, 3.8) is 0 Å². The average Bonchev–Trinajstić information content (AvgIpc) is 2.29. The maximum atomic E-state index is 5.34. The van der Waals surface area contributed by atoms with Gasteiger partial charge >= 0.3 is 0 Å². The molecule has 0 amide bonds. The van der Waals surface area contributed by atoms with Gasteiger partial charge in [-0.05, 0) is 19.8 Å². The highest BCUT2D eigenvalue weighted by atomic mass is 16.5. The molecule has 0 unspecified atom stereocenters. The van der Waals surface area contributed by atoms with E-state index in [4.69, 9.17) is 4.74 Å². The number of methoxy groups -OCH3 is 1. The van der Waals surface area contributed by atoms with E-state index in [9.17, 15) is 0 Å². The predicted octanol–water partition coefficient (Wildman–Crippen LogP) is 1.40. The van der Waals surface area contributed by atoms with E-state index in [1.165, 1.54) is 0 Å². The molecule has 0 bridgehead atoms. The summed E-state index contributed by atoms with van der Waals surface area (Å²) in [6.07, 6.45) is 4.22. The van der Waals surface area contributed by atoms with E-state index in [-0.39, 0.29) is 0 Å². The molecule has 1 aromatic heterocycles. The van der Waals surface area contributed by atoms with Gasteiger partial charge in [-0.15, -0.1) is 0 Å². The van der Waals surface area contributed by atoms with Crippen LogP contribution in [0.3, 0.4) is 0 Å². The summed E-state index contributed by atoms with van der Waals surface area (Å²) in [5.74, 6) is 1.04. The molecule has 0 aliphatic carbocycles. The van der Waals surface area contributed by atoms with Gasteiger partial charge in [-0.1, -0.05) is 0 Å². The molecule has 1 aliphatic rings. The Morgan fingerprint density at radius 3 is 2.67 bits per heavy atom. The summed E-state index contributed by atoms with van der Waals surface area (Å²) in [6, 6.07) is 2.03. The first-order valence-electron chi connectivity index (χ1n) is 5.36. The lowest BCUT2D eigenvalue weighted by molar-refractivity contribution is 0.0818. The quantitative estimate of drug-likeness (QED) is 0.734. The van der Waals surface area contributed by atoms with Crippen molar-refractivity contribution in [3.05, 3.63) is 18.1 Å². The minimum Gasteiger partial charge on any atom is -0.381 e. The second-order valence-electron chi connectivity index (χ2n) is 3.94. The normalized spacial score (nSPS) is 18.1. The molecule has 4 nitrogen and oxygen atoms in total. The van der Waals surface area contributed by atoms with Crippen LogP contribution in [0, 0.1) is 6.92 Å². The molecule has 0 spiro atoms. The molecule has 1 aliphatic heterocycles. The highest BCUT2D eigenvalue weighted by Gasteiger charge is 2.19. The third kappa shape index (κ3) is 2.45. The van der Waals surface area contributed by atoms with Crippen LogP contribution in [-0.4, -0.2) is 36.3 Å². The summed E-state index contributed by atoms with van der Waals surface area (Å²) >= 11 is 0. The third-order valence-corrected chi connectivity index (χ3v) is 2.89. The third-order valence-electron chi connectivity index (χ3n) is 2.89. The number of ether oxygens (including phenoxy) is 1. The molecule has 2 heterocycles. The Labute approximate surface area is 90.3 Å². The van der Waals surface area contributed by atoms with Gasteiger partial charge in [-0.3, -0.25) is 0 Å². The highest BCUT2D eigenvalue weighted by Crippen LogP contribution is 2.18. The Morgan fingerprint density at radius 2 is 2.07 bits per heavy atom. The summed E-state index contributed by atoms with van der Waals surface area (Å²) in [6.45, 7) is 4.04. The Bertz CT molecular complexity index is 321. The van der Waals surface area contributed by atoms with Gasteiger partial charge < -0.3 is 9.64 Å². The number of rotatable bonds is 2. The Kier molecular flexibility index (Phi) is 3.16. The zero-order chi connectivity index (χ0) is 10.7. The van der Waals surface area contributed by atoms with Crippen LogP contribution in [0.1, 0.15) is 18.5 Å². The molecule has 0 atom stereocenters. The van der Waals surface area contributed by atoms with Crippen LogP contribution in [0.25, 0.3) is 0 Å². The molecule has 15 heavy (non-hydrogen) atoms. The van der Waals surface area contributed by atoms with Gasteiger partial charge in [0.1, 0.15) is 12.1 Å². The smallest absolute Gasteiger partial charge is 0.132 e. The lowest BCUT2D eigenvalue weighted by atomic mass is 10.1. The lowest BCUT2D eigenvalue weighted by Gasteiger charge is -2.31. The van der Waals surface area contributed by atoms with Gasteiger partial charge in [0.15, 0.2) is 0 Å². The first kappa shape index (κ1) is 10.4. The fraction of sp³-hybridized carbons (Fsp3) is 0.636. The van der Waals surface area contributed by atoms with E-state index < -0.39 is 0 Å². The molecule has 1 aromatic rings. The van der Waals surface area contributed by atoms with Crippen molar-refractivity contribution in [2.24, 2.45) is 0 Å². The van der Waals surface area contributed by atoms with Crippen LogP contribution in [0.5, 0.6) is 0 Å². The zero-order valence-electron chi connectivity index (χ0n) is 9.31. The van der Waals surface area contributed by atoms with Gasteiger partial charge in [0.2, 0.25) is 0 Å². The van der Waals surface area contributed by atoms with Crippen molar-refractivity contribution in [3.8, 4) is 0 Å². The standard InChI is InChI=1S/C11H17N3O/c1-9-7-11(13-8-12-9)14-5-3-10(15-2)4-6-14/h7-8,10H,3-6H2,1-2H3. The Balaban J connectivity index is 2.01. The highest BCUT2D eigenvalue weighted by molar-refractivity contribution is 5.39. The van der Waals surface area contributed by atoms with E-state index in [1.807, 2.05) is 13.0 Å². The minimum absolute atomic E-state index is 0.421. The van der Waals surface area contributed by atoms with E-state index >= 15 is 0 Å². The molecule has 0 N–H and O–H groups in total. The molecule has 0 saturated carbocycles. The van der Waals surface area contributed by atoms with E-state index in [2.05, 4.69) is 14.9 Å². The summed E-state index contributed by atoms with van der Waals surface area (Å²) in [7, 11) is 1.79. The second kappa shape index (κ2) is 4.57. The first-order valence-corrected chi connectivity index (χ1v) is 5.36. The van der Waals surface area contributed by atoms with Gasteiger partial charge in [-0.25, -0.2) is 9.97 Å². The summed E-state index contributed by atoms with van der Waals surface area (Å²) in [5.41, 5.74) is 1.02. The fourth-order valence-electron chi connectivity index (χ4n) is 1.93. The van der Waals surface area contributed by atoms with E-state index in [1.54, 1.807) is 13.4 Å². The maximum Gasteiger partial charge on any atom is 0.132 e. The lowest BCUT2D eigenvalue weighted by Crippen LogP contribution is -2.37. The number of aryl methyl sites for hydroxylation is 1. The molecule has 0 aromatic carbocycles. The van der Waals surface area contributed by atoms with Gasteiger partial charge in [-0.2, -0.15) is 0 Å². The van der Waals surface area contributed by atoms with E-state index in [0.717, 1.165) is 37.4 Å². The number of hydrogen-bond acceptors (Lipinski definition) is 4. The predicted molar refractivity (Wildman–Crippen MR) is 59.0 cm³/mol. The van der Waals surface area contributed by atoms with Crippen LogP contribution in [0.4, 0.5) is 5.82 Å². The molecule has 1 fully saturated rings. The Morgan fingerprint density at radius 1 is 1.33 bits per heavy atom.